The predicted molar refractivity (Wildman–Crippen MR) is 135 cm³/mol. The van der Waals surface area contributed by atoms with Crippen LogP contribution in [0.1, 0.15) is 48.9 Å². The Morgan fingerprint density at radius 2 is 1.97 bits per heavy atom. The van der Waals surface area contributed by atoms with Crippen molar-refractivity contribution in [2.75, 3.05) is 18.9 Å². The van der Waals surface area contributed by atoms with Crippen LogP contribution in [0.2, 0.25) is 0 Å². The molecule has 3 atom stereocenters. The van der Waals surface area contributed by atoms with Gasteiger partial charge >= 0.3 is 12.1 Å². The lowest BCUT2D eigenvalue weighted by Crippen LogP contribution is -2.46. The van der Waals surface area contributed by atoms with Crippen molar-refractivity contribution in [1.82, 2.24) is 15.1 Å². The number of rotatable bonds is 4. The molecule has 0 radical (unpaired) electrons. The summed E-state index contributed by atoms with van der Waals surface area (Å²) in [5.74, 6) is -1.33. The highest BCUT2D eigenvalue weighted by Crippen LogP contribution is 2.46. The number of amides is 5. The van der Waals surface area contributed by atoms with Crippen molar-refractivity contribution < 1.29 is 28.3 Å². The zero-order valence-electron chi connectivity index (χ0n) is 20.3. The second-order valence-electron chi connectivity index (χ2n) is 9.57. The summed E-state index contributed by atoms with van der Waals surface area (Å²) < 4.78 is 19.9. The van der Waals surface area contributed by atoms with Crippen LogP contribution in [0.15, 0.2) is 40.9 Å². The molecule has 1 aliphatic carbocycles. The van der Waals surface area contributed by atoms with Gasteiger partial charge in [0.1, 0.15) is 12.4 Å². The van der Waals surface area contributed by atoms with Gasteiger partial charge in [-0.25, -0.2) is 18.9 Å². The molecule has 9 nitrogen and oxygen atoms in total. The fourth-order valence-corrected chi connectivity index (χ4v) is 6.24. The number of likely N-dealkylation sites (tertiary alicyclic amines) is 1. The lowest BCUT2D eigenvalue weighted by molar-refractivity contribution is -0.143. The maximum atomic E-state index is 13.6. The second-order valence-corrected chi connectivity index (χ2v) is 10.4. The van der Waals surface area contributed by atoms with Crippen LogP contribution in [0.3, 0.4) is 0 Å². The molecule has 2 heterocycles. The molecular weight excluding hydrogens is 547 g/mol. The average molecular weight is 573 g/mol. The summed E-state index contributed by atoms with van der Waals surface area (Å²) in [6.07, 6.45) is 1.29. The van der Waals surface area contributed by atoms with E-state index >= 15 is 0 Å². The molecule has 37 heavy (non-hydrogen) atoms. The van der Waals surface area contributed by atoms with Crippen LogP contribution in [0.5, 0.6) is 0 Å². The van der Waals surface area contributed by atoms with Gasteiger partial charge in [0.2, 0.25) is 11.5 Å². The number of nitrogens with zero attached hydrogens (tertiary/aromatic N) is 2. The van der Waals surface area contributed by atoms with Crippen molar-refractivity contribution in [3.05, 3.63) is 63.4 Å². The first kappa shape index (κ1) is 25.2. The molecule has 2 aromatic rings. The number of aryl methyl sites for hydroxylation is 1. The highest BCUT2D eigenvalue weighted by Gasteiger charge is 2.58. The number of anilines is 1. The van der Waals surface area contributed by atoms with Crippen LogP contribution in [-0.4, -0.2) is 53.4 Å². The van der Waals surface area contributed by atoms with E-state index in [1.807, 2.05) is 6.92 Å². The summed E-state index contributed by atoms with van der Waals surface area (Å²) in [5.41, 5.74) is 1.20. The number of carbonyl (C=O) groups excluding carboxylic acids is 4. The van der Waals surface area contributed by atoms with E-state index in [2.05, 4.69) is 26.6 Å². The molecule has 194 valence electrons. The number of carbonyl (C=O) groups is 4. The summed E-state index contributed by atoms with van der Waals surface area (Å²) in [6.45, 7) is 1.48. The number of urea groups is 1. The molecule has 0 aromatic heterocycles. The van der Waals surface area contributed by atoms with Gasteiger partial charge in [0, 0.05) is 35.2 Å². The summed E-state index contributed by atoms with van der Waals surface area (Å²) in [5, 5.41) is 5.16. The Kier molecular flexibility index (Phi) is 6.43. The lowest BCUT2D eigenvalue weighted by Gasteiger charge is -2.30. The van der Waals surface area contributed by atoms with Gasteiger partial charge in [-0.3, -0.25) is 9.59 Å². The van der Waals surface area contributed by atoms with Crippen LogP contribution in [0.25, 0.3) is 0 Å². The maximum Gasteiger partial charge on any atom is 0.418 e. The fraction of sp³-hybridized carbons (Fsp3) is 0.385. The molecular formula is C26H26BrFN4O5. The van der Waals surface area contributed by atoms with Gasteiger partial charge in [-0.15, -0.1) is 0 Å². The Labute approximate surface area is 221 Å². The minimum Gasteiger partial charge on any atom is -0.427 e. The fourth-order valence-electron chi connectivity index (χ4n) is 5.62. The quantitative estimate of drug-likeness (QED) is 0.570. The number of ether oxygens (including phenoxy) is 1. The van der Waals surface area contributed by atoms with Crippen molar-refractivity contribution in [3.63, 3.8) is 0 Å². The van der Waals surface area contributed by atoms with Gasteiger partial charge in [0.25, 0.3) is 5.91 Å². The Hall–Kier alpha value is -3.47. The standard InChI is InChI=1S/C26H26BrFN4O5/c1-14-3-8-21(18-6-4-16(28)12-20(18)27)32(14)22(33)13-31-23(34)26(37-25(31)36)10-9-15-11-17(5-7-19(15)26)30-24(35)29-2/h4-7,11-12,14,21H,3,8-10,13H2,1-2H3,(H2,29,30,35)/t14?,21?,26-/m1/s1. The van der Waals surface area contributed by atoms with Gasteiger partial charge in [-0.2, -0.15) is 0 Å². The van der Waals surface area contributed by atoms with Gasteiger partial charge in [0.15, 0.2) is 0 Å². The molecule has 2 aromatic carbocycles. The number of halogens is 2. The monoisotopic (exact) mass is 572 g/mol. The number of benzene rings is 2. The summed E-state index contributed by atoms with van der Waals surface area (Å²) in [6, 6.07) is 8.64. The molecule has 5 rings (SSSR count). The zero-order valence-corrected chi connectivity index (χ0v) is 21.9. The summed E-state index contributed by atoms with van der Waals surface area (Å²) in [7, 11) is 1.51. The number of nitrogens with one attached hydrogen (secondary N) is 2. The first-order chi connectivity index (χ1) is 17.6. The molecule has 2 N–H and O–H groups in total. The highest BCUT2D eigenvalue weighted by molar-refractivity contribution is 9.10. The minimum atomic E-state index is -1.48. The Morgan fingerprint density at radius 3 is 2.70 bits per heavy atom. The third kappa shape index (κ3) is 4.24. The molecule has 0 saturated carbocycles. The normalized spacial score (nSPS) is 24.4. The van der Waals surface area contributed by atoms with Gasteiger partial charge in [-0.1, -0.05) is 28.1 Å². The third-order valence-corrected chi connectivity index (χ3v) is 8.10. The first-order valence-corrected chi connectivity index (χ1v) is 12.9. The maximum absolute atomic E-state index is 13.6. The van der Waals surface area contributed by atoms with E-state index < -0.39 is 24.1 Å². The number of imide groups is 1. The summed E-state index contributed by atoms with van der Waals surface area (Å²) in [4.78, 5) is 54.1. The Balaban J connectivity index is 1.36. The Morgan fingerprint density at radius 1 is 1.19 bits per heavy atom. The topological polar surface area (TPSA) is 108 Å². The molecule has 2 aliphatic heterocycles. The van der Waals surface area contributed by atoms with Crippen molar-refractivity contribution in [3.8, 4) is 0 Å². The predicted octanol–water partition coefficient (Wildman–Crippen LogP) is 4.21. The van der Waals surface area contributed by atoms with Gasteiger partial charge < -0.3 is 20.3 Å². The summed E-state index contributed by atoms with van der Waals surface area (Å²) >= 11 is 3.40. The molecule has 1 spiro atoms. The van der Waals surface area contributed by atoms with Crippen LogP contribution in [0.4, 0.5) is 19.7 Å². The van der Waals surface area contributed by atoms with Crippen LogP contribution in [-0.2, 0) is 26.3 Å². The van der Waals surface area contributed by atoms with Crippen LogP contribution in [0, 0.1) is 5.82 Å². The number of hydrogen-bond acceptors (Lipinski definition) is 5. The molecule has 5 amide bonds. The minimum absolute atomic E-state index is 0.115. The van der Waals surface area contributed by atoms with E-state index in [0.29, 0.717) is 28.6 Å². The van der Waals surface area contributed by atoms with Crippen molar-refractivity contribution in [2.24, 2.45) is 0 Å². The van der Waals surface area contributed by atoms with Crippen molar-refractivity contribution >= 4 is 45.6 Å². The van der Waals surface area contributed by atoms with Gasteiger partial charge in [-0.05, 0) is 61.6 Å². The SMILES string of the molecule is CNC(=O)Nc1ccc2c(c1)CC[C@@]21OC(=O)N(CC(=O)N2C(C)CCC2c2ccc(F)cc2Br)C1=O. The van der Waals surface area contributed by atoms with E-state index in [-0.39, 0.29) is 36.3 Å². The average Bonchev–Trinajstić information content (AvgIpc) is 3.49. The Bertz CT molecular complexity index is 1320. The molecule has 2 unspecified atom stereocenters. The molecule has 11 heteroatoms. The van der Waals surface area contributed by atoms with Crippen molar-refractivity contribution in [1.29, 1.82) is 0 Å². The molecule has 2 fully saturated rings. The number of fused-ring (bicyclic) bond motifs is 2. The molecule has 0 bridgehead atoms. The second kappa shape index (κ2) is 9.44. The molecule has 3 aliphatic rings. The number of hydrogen-bond donors (Lipinski definition) is 2. The van der Waals surface area contributed by atoms with E-state index in [1.165, 1.54) is 19.2 Å². The van der Waals surface area contributed by atoms with E-state index in [4.69, 9.17) is 4.74 Å². The third-order valence-electron chi connectivity index (χ3n) is 7.42. The highest BCUT2D eigenvalue weighted by atomic mass is 79.9. The van der Waals surface area contributed by atoms with E-state index in [0.717, 1.165) is 22.4 Å². The first-order valence-electron chi connectivity index (χ1n) is 12.1. The van der Waals surface area contributed by atoms with E-state index in [9.17, 15) is 23.6 Å². The van der Waals surface area contributed by atoms with Crippen LogP contribution < -0.4 is 10.6 Å². The largest absolute Gasteiger partial charge is 0.427 e. The lowest BCUT2D eigenvalue weighted by atomic mass is 9.94. The molecule has 2 saturated heterocycles. The zero-order chi connectivity index (χ0) is 26.5. The van der Waals surface area contributed by atoms with Crippen molar-refractivity contribution in [2.45, 2.75) is 50.3 Å². The van der Waals surface area contributed by atoms with E-state index in [1.54, 1.807) is 29.2 Å². The van der Waals surface area contributed by atoms with Gasteiger partial charge in [0.05, 0.1) is 6.04 Å². The van der Waals surface area contributed by atoms with Crippen LogP contribution >= 0.6 is 15.9 Å². The smallest absolute Gasteiger partial charge is 0.418 e.